The van der Waals surface area contributed by atoms with Crippen molar-refractivity contribution in [3.05, 3.63) is 35.6 Å². The predicted molar refractivity (Wildman–Crippen MR) is 78.1 cm³/mol. The molecule has 1 amide bonds. The van der Waals surface area contributed by atoms with Crippen molar-refractivity contribution in [2.75, 3.05) is 19.8 Å². The molecule has 3 nitrogen and oxygen atoms in total. The summed E-state index contributed by atoms with van der Waals surface area (Å²) in [6.07, 6.45) is 4.00. The second kappa shape index (κ2) is 10.4. The third-order valence-corrected chi connectivity index (χ3v) is 2.96. The number of carbonyl (C=O) groups is 1. The summed E-state index contributed by atoms with van der Waals surface area (Å²) in [5.74, 6) is -0.255. The molecule has 0 saturated carbocycles. The minimum absolute atomic E-state index is 0.00261. The van der Waals surface area contributed by atoms with Gasteiger partial charge in [0.15, 0.2) is 0 Å². The van der Waals surface area contributed by atoms with Crippen molar-refractivity contribution in [2.45, 2.75) is 39.0 Å². The number of hydrogen-bond donors (Lipinski definition) is 1. The Kier molecular flexibility index (Phi) is 8.63. The normalized spacial score (nSPS) is 10.5. The van der Waals surface area contributed by atoms with Crippen LogP contribution in [0, 0.1) is 5.82 Å². The van der Waals surface area contributed by atoms with E-state index >= 15 is 0 Å². The number of unbranched alkanes of at least 4 members (excludes halogenated alkanes) is 1. The number of benzene rings is 1. The second-order valence-corrected chi connectivity index (χ2v) is 4.80. The number of hydrogen-bond acceptors (Lipinski definition) is 2. The lowest BCUT2D eigenvalue weighted by molar-refractivity contribution is -0.121. The molecule has 0 radical (unpaired) electrons. The van der Waals surface area contributed by atoms with E-state index < -0.39 is 0 Å². The van der Waals surface area contributed by atoms with Gasteiger partial charge in [-0.2, -0.15) is 0 Å². The van der Waals surface area contributed by atoms with E-state index in [2.05, 4.69) is 12.2 Å². The number of rotatable bonds is 10. The Hall–Kier alpha value is -1.42. The molecule has 112 valence electrons. The molecule has 0 fully saturated rings. The molecule has 0 atom stereocenters. The first-order chi connectivity index (χ1) is 9.72. The Labute approximate surface area is 120 Å². The van der Waals surface area contributed by atoms with Crippen molar-refractivity contribution in [3.8, 4) is 0 Å². The molecule has 0 aromatic heterocycles. The smallest absolute Gasteiger partial charge is 0.220 e. The topological polar surface area (TPSA) is 38.3 Å². The predicted octanol–water partition coefficient (Wildman–Crippen LogP) is 3.08. The van der Waals surface area contributed by atoms with Gasteiger partial charge >= 0.3 is 0 Å². The molecule has 1 rings (SSSR count). The van der Waals surface area contributed by atoms with Gasteiger partial charge in [0.2, 0.25) is 5.91 Å². The first-order valence-electron chi connectivity index (χ1n) is 7.31. The van der Waals surface area contributed by atoms with E-state index in [-0.39, 0.29) is 11.7 Å². The lowest BCUT2D eigenvalue weighted by Gasteiger charge is -2.06. The molecule has 0 saturated heterocycles. The van der Waals surface area contributed by atoms with Crippen LogP contribution in [0.2, 0.25) is 0 Å². The summed E-state index contributed by atoms with van der Waals surface area (Å²) in [6, 6.07) is 6.37. The summed E-state index contributed by atoms with van der Waals surface area (Å²) in [6.45, 7) is 4.24. The summed E-state index contributed by atoms with van der Waals surface area (Å²) >= 11 is 0. The molecule has 0 spiro atoms. The second-order valence-electron chi connectivity index (χ2n) is 4.80. The van der Waals surface area contributed by atoms with Crippen LogP contribution in [0.1, 0.15) is 38.2 Å². The Bertz CT molecular complexity index is 396. The van der Waals surface area contributed by atoms with E-state index in [9.17, 15) is 9.18 Å². The number of ether oxygens (including phenoxy) is 1. The fourth-order valence-electron chi connectivity index (χ4n) is 1.79. The highest BCUT2D eigenvalue weighted by Gasteiger charge is 2.02. The summed E-state index contributed by atoms with van der Waals surface area (Å²) in [5, 5.41) is 2.85. The highest BCUT2D eigenvalue weighted by Crippen LogP contribution is 2.05. The maximum absolute atomic E-state index is 13.0. The zero-order chi connectivity index (χ0) is 14.6. The number of aryl methyl sites for hydroxylation is 1. The van der Waals surface area contributed by atoms with E-state index in [1.165, 1.54) is 12.1 Å². The monoisotopic (exact) mass is 281 g/mol. The van der Waals surface area contributed by atoms with Crippen molar-refractivity contribution in [1.82, 2.24) is 5.32 Å². The molecular weight excluding hydrogens is 257 g/mol. The van der Waals surface area contributed by atoms with Crippen LogP contribution in [0.3, 0.4) is 0 Å². The number of halogens is 1. The summed E-state index contributed by atoms with van der Waals surface area (Å²) in [7, 11) is 0. The fourth-order valence-corrected chi connectivity index (χ4v) is 1.79. The minimum atomic E-state index is -0.257. The number of amides is 1. The molecule has 0 heterocycles. The maximum atomic E-state index is 13.0. The highest BCUT2D eigenvalue weighted by atomic mass is 19.1. The molecule has 4 heteroatoms. The van der Waals surface area contributed by atoms with E-state index in [0.29, 0.717) is 26.0 Å². The molecule has 1 aromatic carbocycles. The van der Waals surface area contributed by atoms with Gasteiger partial charge in [0.1, 0.15) is 5.82 Å². The molecule has 0 aliphatic carbocycles. The van der Waals surface area contributed by atoms with Crippen LogP contribution >= 0.6 is 0 Å². The standard InChI is InChI=1S/C16H24FNO2/c1-2-3-11-20-12-5-10-18-16(19)9-8-14-6-4-7-15(17)13-14/h4,6-7,13H,2-3,5,8-12H2,1H3,(H,18,19). The van der Waals surface area contributed by atoms with Crippen LogP contribution in [-0.2, 0) is 16.0 Å². The summed E-state index contributed by atoms with van der Waals surface area (Å²) in [5.41, 5.74) is 0.850. The summed E-state index contributed by atoms with van der Waals surface area (Å²) in [4.78, 5) is 11.6. The van der Waals surface area contributed by atoms with Gasteiger partial charge in [0.05, 0.1) is 0 Å². The van der Waals surface area contributed by atoms with Crippen molar-refractivity contribution >= 4 is 5.91 Å². The van der Waals surface area contributed by atoms with Crippen LogP contribution < -0.4 is 5.32 Å². The number of carbonyl (C=O) groups excluding carboxylic acids is 1. The highest BCUT2D eigenvalue weighted by molar-refractivity contribution is 5.76. The first-order valence-corrected chi connectivity index (χ1v) is 7.31. The van der Waals surface area contributed by atoms with Gasteiger partial charge in [-0.3, -0.25) is 4.79 Å². The van der Waals surface area contributed by atoms with Gasteiger partial charge < -0.3 is 10.1 Å². The van der Waals surface area contributed by atoms with E-state index in [4.69, 9.17) is 4.74 Å². The lowest BCUT2D eigenvalue weighted by atomic mass is 10.1. The Morgan fingerprint density at radius 1 is 1.30 bits per heavy atom. The van der Waals surface area contributed by atoms with Crippen LogP contribution in [0.15, 0.2) is 24.3 Å². The number of nitrogens with one attached hydrogen (secondary N) is 1. The van der Waals surface area contributed by atoms with Gasteiger partial charge in [0.25, 0.3) is 0 Å². The van der Waals surface area contributed by atoms with Crippen molar-refractivity contribution in [2.24, 2.45) is 0 Å². The maximum Gasteiger partial charge on any atom is 0.220 e. The molecule has 1 N–H and O–H groups in total. The SMILES string of the molecule is CCCCOCCCNC(=O)CCc1cccc(F)c1. The molecule has 0 aliphatic heterocycles. The quantitative estimate of drug-likeness (QED) is 0.669. The Balaban J connectivity index is 2.03. The molecule has 0 aliphatic rings. The molecule has 1 aromatic rings. The third kappa shape index (κ3) is 7.89. The first kappa shape index (κ1) is 16.6. The van der Waals surface area contributed by atoms with Gasteiger partial charge in [-0.05, 0) is 37.0 Å². The van der Waals surface area contributed by atoms with Crippen molar-refractivity contribution in [1.29, 1.82) is 0 Å². The van der Waals surface area contributed by atoms with E-state index in [0.717, 1.165) is 31.4 Å². The largest absolute Gasteiger partial charge is 0.381 e. The lowest BCUT2D eigenvalue weighted by Crippen LogP contribution is -2.25. The van der Waals surface area contributed by atoms with Crippen molar-refractivity contribution < 1.29 is 13.9 Å². The van der Waals surface area contributed by atoms with Gasteiger partial charge in [-0.15, -0.1) is 0 Å². The van der Waals surface area contributed by atoms with Gasteiger partial charge in [-0.1, -0.05) is 25.5 Å². The van der Waals surface area contributed by atoms with Crippen LogP contribution in [0.25, 0.3) is 0 Å². The Morgan fingerprint density at radius 3 is 2.85 bits per heavy atom. The third-order valence-electron chi connectivity index (χ3n) is 2.96. The average molecular weight is 281 g/mol. The zero-order valence-corrected chi connectivity index (χ0v) is 12.2. The van der Waals surface area contributed by atoms with Crippen LogP contribution in [-0.4, -0.2) is 25.7 Å². The van der Waals surface area contributed by atoms with Crippen LogP contribution in [0.5, 0.6) is 0 Å². The van der Waals surface area contributed by atoms with Gasteiger partial charge in [-0.25, -0.2) is 4.39 Å². The van der Waals surface area contributed by atoms with E-state index in [1.54, 1.807) is 6.07 Å². The zero-order valence-electron chi connectivity index (χ0n) is 12.2. The average Bonchev–Trinajstić information content (AvgIpc) is 2.44. The van der Waals surface area contributed by atoms with E-state index in [1.807, 2.05) is 6.07 Å². The summed E-state index contributed by atoms with van der Waals surface area (Å²) < 4.78 is 18.4. The molecular formula is C16H24FNO2. The molecule has 0 unspecified atom stereocenters. The minimum Gasteiger partial charge on any atom is -0.381 e. The van der Waals surface area contributed by atoms with Gasteiger partial charge in [0, 0.05) is 26.2 Å². The van der Waals surface area contributed by atoms with Crippen molar-refractivity contribution in [3.63, 3.8) is 0 Å². The Morgan fingerprint density at radius 2 is 2.10 bits per heavy atom. The molecule has 0 bridgehead atoms. The van der Waals surface area contributed by atoms with Crippen LogP contribution in [0.4, 0.5) is 4.39 Å². The molecule has 20 heavy (non-hydrogen) atoms. The fraction of sp³-hybridized carbons (Fsp3) is 0.562.